The van der Waals surface area contributed by atoms with Crippen LogP contribution in [0.5, 0.6) is 5.75 Å². The second-order valence-corrected chi connectivity index (χ2v) is 7.05. The molecule has 1 aliphatic heterocycles. The molecule has 0 saturated heterocycles. The first kappa shape index (κ1) is 16.0. The molecule has 1 fully saturated rings. The van der Waals surface area contributed by atoms with Crippen molar-refractivity contribution in [3.05, 3.63) is 41.6 Å². The summed E-state index contributed by atoms with van der Waals surface area (Å²) in [5, 5.41) is 10.5. The fraction of sp³-hybridized carbons (Fsp3) is 0.474. The van der Waals surface area contributed by atoms with E-state index in [4.69, 9.17) is 4.74 Å². The molecule has 0 bridgehead atoms. The molecule has 2 amide bonds. The van der Waals surface area contributed by atoms with E-state index in [9.17, 15) is 4.79 Å². The number of nitrogens with one attached hydrogen (secondary N) is 2. The molecule has 0 radical (unpaired) electrons. The second kappa shape index (κ2) is 6.43. The zero-order valence-corrected chi connectivity index (χ0v) is 14.7. The van der Waals surface area contributed by atoms with Gasteiger partial charge in [0, 0.05) is 36.6 Å². The third kappa shape index (κ3) is 3.08. The molecule has 25 heavy (non-hydrogen) atoms. The number of fused-ring (bicyclic) bond motifs is 1. The van der Waals surface area contributed by atoms with Gasteiger partial charge in [0.2, 0.25) is 0 Å². The van der Waals surface area contributed by atoms with Crippen LogP contribution in [0.2, 0.25) is 0 Å². The van der Waals surface area contributed by atoms with Crippen LogP contribution in [0.25, 0.3) is 0 Å². The first-order valence-corrected chi connectivity index (χ1v) is 8.95. The summed E-state index contributed by atoms with van der Waals surface area (Å²) in [5.74, 6) is 2.36. The average molecular weight is 340 g/mol. The number of rotatable bonds is 4. The van der Waals surface area contributed by atoms with E-state index in [1.54, 1.807) is 4.68 Å². The first-order valence-electron chi connectivity index (χ1n) is 8.95. The van der Waals surface area contributed by atoms with Gasteiger partial charge in [-0.15, -0.1) is 0 Å². The second-order valence-electron chi connectivity index (χ2n) is 7.05. The van der Waals surface area contributed by atoms with Crippen molar-refractivity contribution in [1.82, 2.24) is 15.1 Å². The van der Waals surface area contributed by atoms with Gasteiger partial charge >= 0.3 is 6.03 Å². The number of ether oxygens (including phenoxy) is 1. The lowest BCUT2D eigenvalue weighted by Crippen LogP contribution is -2.40. The molecule has 1 aromatic heterocycles. The van der Waals surface area contributed by atoms with E-state index < -0.39 is 0 Å². The fourth-order valence-corrected chi connectivity index (χ4v) is 3.57. The van der Waals surface area contributed by atoms with Crippen LogP contribution in [-0.4, -0.2) is 28.5 Å². The van der Waals surface area contributed by atoms with Gasteiger partial charge in [-0.25, -0.2) is 4.79 Å². The Balaban J connectivity index is 1.38. The van der Waals surface area contributed by atoms with Crippen LogP contribution in [0.1, 0.15) is 49.3 Å². The fourth-order valence-electron chi connectivity index (χ4n) is 3.57. The van der Waals surface area contributed by atoms with Crippen molar-refractivity contribution in [1.29, 1.82) is 0 Å². The van der Waals surface area contributed by atoms with E-state index in [1.807, 2.05) is 38.2 Å². The highest BCUT2D eigenvalue weighted by Gasteiger charge is 2.30. The lowest BCUT2D eigenvalue weighted by Gasteiger charge is -2.22. The minimum Gasteiger partial charge on any atom is -0.493 e. The first-order chi connectivity index (χ1) is 12.1. The van der Waals surface area contributed by atoms with E-state index >= 15 is 0 Å². The van der Waals surface area contributed by atoms with Gasteiger partial charge in [0.1, 0.15) is 11.6 Å². The lowest BCUT2D eigenvalue weighted by molar-refractivity contribution is 0.244. The molecule has 1 aromatic carbocycles. The Morgan fingerprint density at radius 1 is 1.36 bits per heavy atom. The molecule has 2 heterocycles. The maximum absolute atomic E-state index is 12.4. The highest BCUT2D eigenvalue weighted by atomic mass is 16.5. The van der Waals surface area contributed by atoms with Crippen LogP contribution in [0.3, 0.4) is 0 Å². The Morgan fingerprint density at radius 2 is 2.16 bits per heavy atom. The van der Waals surface area contributed by atoms with Gasteiger partial charge in [-0.1, -0.05) is 24.6 Å². The molecule has 2 unspecified atom stereocenters. The van der Waals surface area contributed by atoms with Crippen LogP contribution in [0.15, 0.2) is 30.3 Å². The van der Waals surface area contributed by atoms with E-state index in [2.05, 4.69) is 21.8 Å². The smallest absolute Gasteiger partial charge is 0.320 e. The quantitative estimate of drug-likeness (QED) is 0.896. The van der Waals surface area contributed by atoms with Crippen LogP contribution < -0.4 is 15.4 Å². The summed E-state index contributed by atoms with van der Waals surface area (Å²) in [5.41, 5.74) is 2.23. The van der Waals surface area contributed by atoms with Crippen molar-refractivity contribution in [2.45, 2.75) is 44.1 Å². The summed E-state index contributed by atoms with van der Waals surface area (Å²) in [6.45, 7) is 2.61. The van der Waals surface area contributed by atoms with Crippen molar-refractivity contribution >= 4 is 11.8 Å². The molecule has 2 atom stereocenters. The number of hydrogen-bond acceptors (Lipinski definition) is 3. The maximum Gasteiger partial charge on any atom is 0.320 e. The number of hydrogen-bond donors (Lipinski definition) is 2. The SMILES string of the molecule is CC(NC(=O)Nc1cc(C2CCC2)nn1C)C1COc2ccccc21. The molecule has 0 spiro atoms. The average Bonchev–Trinajstić information content (AvgIpc) is 3.10. The molecular weight excluding hydrogens is 316 g/mol. The van der Waals surface area contributed by atoms with Crippen LogP contribution >= 0.6 is 0 Å². The minimum absolute atomic E-state index is 0.0250. The van der Waals surface area contributed by atoms with Crippen LogP contribution in [0, 0.1) is 0 Å². The number of urea groups is 1. The summed E-state index contributed by atoms with van der Waals surface area (Å²) in [6.07, 6.45) is 3.66. The van der Waals surface area contributed by atoms with Gasteiger partial charge in [0.05, 0.1) is 12.3 Å². The molecule has 4 rings (SSSR count). The third-order valence-electron chi connectivity index (χ3n) is 5.36. The van der Waals surface area contributed by atoms with Crippen molar-refractivity contribution in [3.8, 4) is 5.75 Å². The Kier molecular flexibility index (Phi) is 4.11. The molecular formula is C19H24N4O2. The molecule has 132 valence electrons. The summed E-state index contributed by atoms with van der Waals surface area (Å²) >= 11 is 0. The number of anilines is 1. The van der Waals surface area contributed by atoms with E-state index in [0.717, 1.165) is 22.8 Å². The number of para-hydroxylation sites is 1. The van der Waals surface area contributed by atoms with E-state index in [1.165, 1.54) is 19.3 Å². The number of carbonyl (C=O) groups is 1. The van der Waals surface area contributed by atoms with Gasteiger partial charge in [0.25, 0.3) is 0 Å². The van der Waals surface area contributed by atoms with Gasteiger partial charge in [-0.2, -0.15) is 5.10 Å². The topological polar surface area (TPSA) is 68.2 Å². The zero-order chi connectivity index (χ0) is 17.4. The largest absolute Gasteiger partial charge is 0.493 e. The van der Waals surface area contributed by atoms with E-state index in [-0.39, 0.29) is 18.0 Å². The standard InChI is InChI=1S/C19H24N4O2/c1-12(15-11-25-17-9-4-3-8-14(15)17)20-19(24)21-18-10-16(22-23(18)2)13-6-5-7-13/h3-4,8-10,12-13,15H,5-7,11H2,1-2H3,(H2,20,21,24). The molecule has 6 heteroatoms. The van der Waals surface area contributed by atoms with Crippen molar-refractivity contribution in [3.63, 3.8) is 0 Å². The van der Waals surface area contributed by atoms with Crippen molar-refractivity contribution in [2.75, 3.05) is 11.9 Å². The third-order valence-corrected chi connectivity index (χ3v) is 5.36. The Morgan fingerprint density at radius 3 is 2.92 bits per heavy atom. The maximum atomic E-state index is 12.4. The Bertz CT molecular complexity index is 781. The Labute approximate surface area is 147 Å². The number of aromatic nitrogens is 2. The number of amides is 2. The highest BCUT2D eigenvalue weighted by Crippen LogP contribution is 2.37. The van der Waals surface area contributed by atoms with Gasteiger partial charge in [0.15, 0.2) is 0 Å². The minimum atomic E-state index is -0.208. The lowest BCUT2D eigenvalue weighted by atomic mass is 9.83. The highest BCUT2D eigenvalue weighted by molar-refractivity contribution is 5.88. The monoisotopic (exact) mass is 340 g/mol. The molecule has 1 saturated carbocycles. The summed E-state index contributed by atoms with van der Waals surface area (Å²) < 4.78 is 7.46. The van der Waals surface area contributed by atoms with Gasteiger partial charge < -0.3 is 10.1 Å². The van der Waals surface area contributed by atoms with E-state index in [0.29, 0.717) is 12.5 Å². The number of benzene rings is 1. The molecule has 2 aromatic rings. The summed E-state index contributed by atoms with van der Waals surface area (Å²) in [6, 6.07) is 9.76. The Hall–Kier alpha value is -2.50. The van der Waals surface area contributed by atoms with Crippen LogP contribution in [-0.2, 0) is 7.05 Å². The molecule has 2 aliphatic rings. The summed E-state index contributed by atoms with van der Waals surface area (Å²) in [7, 11) is 1.86. The van der Waals surface area contributed by atoms with Crippen molar-refractivity contribution < 1.29 is 9.53 Å². The molecule has 6 nitrogen and oxygen atoms in total. The predicted octanol–water partition coefficient (Wildman–Crippen LogP) is 3.37. The van der Waals surface area contributed by atoms with Gasteiger partial charge in [-0.3, -0.25) is 10.00 Å². The normalized spacial score (nSPS) is 20.3. The zero-order valence-electron chi connectivity index (χ0n) is 14.7. The number of nitrogens with zero attached hydrogens (tertiary/aromatic N) is 2. The molecule has 1 aliphatic carbocycles. The predicted molar refractivity (Wildman–Crippen MR) is 96.1 cm³/mol. The number of carbonyl (C=O) groups excluding carboxylic acids is 1. The van der Waals surface area contributed by atoms with Gasteiger partial charge in [-0.05, 0) is 25.8 Å². The van der Waals surface area contributed by atoms with Crippen LogP contribution in [0.4, 0.5) is 10.6 Å². The van der Waals surface area contributed by atoms with Crippen molar-refractivity contribution in [2.24, 2.45) is 7.05 Å². The molecule has 2 N–H and O–H groups in total. The summed E-state index contributed by atoms with van der Waals surface area (Å²) in [4.78, 5) is 12.4. The number of aryl methyl sites for hydroxylation is 1.